The van der Waals surface area contributed by atoms with E-state index in [1.807, 2.05) is 0 Å². The highest BCUT2D eigenvalue weighted by atomic mass is 35.5. The summed E-state index contributed by atoms with van der Waals surface area (Å²) in [7, 11) is 2.27. The van der Waals surface area contributed by atoms with Crippen LogP contribution in [0.4, 0.5) is 5.69 Å². The second kappa shape index (κ2) is 11.5. The number of hydrogen-bond donors (Lipinski definition) is 0. The maximum Gasteiger partial charge on any atom is 0.231 e. The minimum atomic E-state index is 0. The summed E-state index contributed by atoms with van der Waals surface area (Å²) < 4.78 is 17.8. The predicted octanol–water partition coefficient (Wildman–Crippen LogP) is 5.66. The Hall–Kier alpha value is -1.95. The first kappa shape index (κ1) is 24.2. The van der Waals surface area contributed by atoms with Gasteiger partial charge in [0.1, 0.15) is 0 Å². The van der Waals surface area contributed by atoms with Crippen LogP contribution in [-0.4, -0.2) is 50.1 Å². The lowest BCUT2D eigenvalue weighted by atomic mass is 9.93. The van der Waals surface area contributed by atoms with Crippen LogP contribution < -0.4 is 14.4 Å². The van der Waals surface area contributed by atoms with E-state index < -0.39 is 0 Å². The van der Waals surface area contributed by atoms with Crippen molar-refractivity contribution in [2.45, 2.75) is 69.7 Å². The van der Waals surface area contributed by atoms with E-state index in [1.165, 1.54) is 56.2 Å². The van der Waals surface area contributed by atoms with E-state index in [4.69, 9.17) is 14.2 Å². The molecule has 2 aromatic rings. The van der Waals surface area contributed by atoms with Gasteiger partial charge in [-0.3, -0.25) is 4.90 Å². The third-order valence-electron chi connectivity index (χ3n) is 7.36. The molecule has 2 fully saturated rings. The average Bonchev–Trinajstić information content (AvgIpc) is 3.31. The Morgan fingerprint density at radius 1 is 0.939 bits per heavy atom. The van der Waals surface area contributed by atoms with Crippen LogP contribution in [0.5, 0.6) is 11.5 Å². The monoisotopic (exact) mass is 472 g/mol. The second-order valence-electron chi connectivity index (χ2n) is 9.50. The van der Waals surface area contributed by atoms with E-state index in [0.717, 1.165) is 31.2 Å². The summed E-state index contributed by atoms with van der Waals surface area (Å²) in [6.07, 6.45) is 9.24. The molecule has 1 aliphatic carbocycles. The second-order valence-corrected chi connectivity index (χ2v) is 9.50. The molecule has 3 aliphatic rings. The SMILES string of the molecule is CN1CCC[C@H](N(Cc2ccccc2)c2ccc3c(c2)OCO3)[C@H]1COC1CCCCC1.Cl. The summed E-state index contributed by atoms with van der Waals surface area (Å²) in [5, 5.41) is 0. The van der Waals surface area contributed by atoms with Gasteiger partial charge in [0.25, 0.3) is 0 Å². The zero-order valence-corrected chi connectivity index (χ0v) is 20.5. The summed E-state index contributed by atoms with van der Waals surface area (Å²) >= 11 is 0. The van der Waals surface area contributed by atoms with Gasteiger partial charge in [-0.1, -0.05) is 49.6 Å². The molecule has 2 heterocycles. The fourth-order valence-corrected chi connectivity index (χ4v) is 5.51. The van der Waals surface area contributed by atoms with E-state index in [0.29, 0.717) is 25.0 Å². The highest BCUT2D eigenvalue weighted by Crippen LogP contribution is 2.38. The van der Waals surface area contributed by atoms with E-state index in [1.54, 1.807) is 0 Å². The Bertz CT molecular complexity index is 875. The van der Waals surface area contributed by atoms with Crippen LogP contribution >= 0.6 is 12.4 Å². The van der Waals surface area contributed by atoms with Gasteiger partial charge in [0.05, 0.1) is 18.8 Å². The summed E-state index contributed by atoms with van der Waals surface area (Å²) in [5.74, 6) is 1.69. The zero-order valence-electron chi connectivity index (χ0n) is 19.7. The van der Waals surface area contributed by atoms with E-state index in [9.17, 15) is 0 Å². The Kier molecular flexibility index (Phi) is 8.39. The van der Waals surface area contributed by atoms with Gasteiger partial charge in [-0.25, -0.2) is 0 Å². The molecule has 5 nitrogen and oxygen atoms in total. The number of piperidine rings is 1. The van der Waals surface area contributed by atoms with Crippen molar-refractivity contribution in [1.29, 1.82) is 0 Å². The number of likely N-dealkylation sites (tertiary alicyclic amines) is 1. The van der Waals surface area contributed by atoms with Crippen molar-refractivity contribution in [2.24, 2.45) is 0 Å². The molecule has 0 bridgehead atoms. The van der Waals surface area contributed by atoms with Crippen LogP contribution in [-0.2, 0) is 11.3 Å². The number of anilines is 1. The number of rotatable bonds is 7. The van der Waals surface area contributed by atoms with Crippen LogP contribution in [0, 0.1) is 0 Å². The van der Waals surface area contributed by atoms with Crippen LogP contribution in [0.1, 0.15) is 50.5 Å². The molecule has 0 N–H and O–H groups in total. The fourth-order valence-electron chi connectivity index (χ4n) is 5.51. The Balaban J connectivity index is 0.00000259. The normalized spacial score (nSPS) is 23.2. The van der Waals surface area contributed by atoms with Crippen molar-refractivity contribution < 1.29 is 14.2 Å². The molecule has 5 rings (SSSR count). The summed E-state index contributed by atoms with van der Waals surface area (Å²) in [6.45, 7) is 3.12. The molecule has 2 aromatic carbocycles. The average molecular weight is 473 g/mol. The summed E-state index contributed by atoms with van der Waals surface area (Å²) in [5.41, 5.74) is 2.52. The molecule has 0 amide bonds. The van der Waals surface area contributed by atoms with Gasteiger partial charge in [0.15, 0.2) is 11.5 Å². The number of fused-ring (bicyclic) bond motifs is 1. The number of halogens is 1. The number of hydrogen-bond acceptors (Lipinski definition) is 5. The predicted molar refractivity (Wildman–Crippen MR) is 135 cm³/mol. The smallest absolute Gasteiger partial charge is 0.231 e. The van der Waals surface area contributed by atoms with Gasteiger partial charge in [-0.05, 0) is 57.0 Å². The standard InChI is InChI=1S/C27H36N2O3.ClH/c1-28-16-8-13-24(25(28)19-30-23-11-6-3-7-12-23)29(18-21-9-4-2-5-10-21)22-14-15-26-27(17-22)32-20-31-26;/h2,4-5,9-10,14-15,17,23-25H,3,6-8,11-13,16,18-20H2,1H3;1H/t24-,25+;/m0./s1. The molecule has 0 spiro atoms. The molecule has 1 saturated carbocycles. The molecule has 180 valence electrons. The van der Waals surface area contributed by atoms with Gasteiger partial charge in [0, 0.05) is 24.3 Å². The molecule has 2 aliphatic heterocycles. The molecular formula is C27H37ClN2O3. The first-order chi connectivity index (χ1) is 15.8. The summed E-state index contributed by atoms with van der Waals surface area (Å²) in [6, 6.07) is 17.9. The Labute approximate surface area is 204 Å². The highest BCUT2D eigenvalue weighted by molar-refractivity contribution is 5.85. The molecule has 6 heteroatoms. The Morgan fingerprint density at radius 3 is 2.55 bits per heavy atom. The van der Waals surface area contributed by atoms with Gasteiger partial charge in [-0.2, -0.15) is 0 Å². The highest BCUT2D eigenvalue weighted by Gasteiger charge is 2.35. The topological polar surface area (TPSA) is 34.2 Å². The minimum Gasteiger partial charge on any atom is -0.454 e. The van der Waals surface area contributed by atoms with Crippen molar-refractivity contribution >= 4 is 18.1 Å². The molecular weight excluding hydrogens is 436 g/mol. The van der Waals surface area contributed by atoms with E-state index in [2.05, 4.69) is 65.4 Å². The first-order valence-corrected chi connectivity index (χ1v) is 12.3. The lowest BCUT2D eigenvalue weighted by molar-refractivity contribution is -0.0182. The van der Waals surface area contributed by atoms with E-state index in [-0.39, 0.29) is 12.4 Å². The number of nitrogens with zero attached hydrogens (tertiary/aromatic N) is 2. The van der Waals surface area contributed by atoms with Crippen molar-refractivity contribution in [3.63, 3.8) is 0 Å². The molecule has 1 saturated heterocycles. The molecule has 0 aromatic heterocycles. The summed E-state index contributed by atoms with van der Waals surface area (Å²) in [4.78, 5) is 5.09. The number of likely N-dealkylation sites (N-methyl/N-ethyl adjacent to an activating group) is 1. The van der Waals surface area contributed by atoms with Crippen LogP contribution in [0.2, 0.25) is 0 Å². The quantitative estimate of drug-likeness (QED) is 0.519. The number of ether oxygens (including phenoxy) is 3. The molecule has 0 unspecified atom stereocenters. The van der Waals surface area contributed by atoms with Crippen LogP contribution in [0.25, 0.3) is 0 Å². The Morgan fingerprint density at radius 2 is 1.73 bits per heavy atom. The third-order valence-corrected chi connectivity index (χ3v) is 7.36. The van der Waals surface area contributed by atoms with Crippen molar-refractivity contribution in [3.8, 4) is 11.5 Å². The third kappa shape index (κ3) is 5.76. The maximum absolute atomic E-state index is 6.52. The molecule has 2 atom stereocenters. The number of benzene rings is 2. The first-order valence-electron chi connectivity index (χ1n) is 12.3. The lowest BCUT2D eigenvalue weighted by Gasteiger charge is -2.46. The van der Waals surface area contributed by atoms with Crippen molar-refractivity contribution in [2.75, 3.05) is 31.9 Å². The van der Waals surface area contributed by atoms with Gasteiger partial charge in [0.2, 0.25) is 6.79 Å². The van der Waals surface area contributed by atoms with Crippen LogP contribution in [0.3, 0.4) is 0 Å². The minimum absolute atomic E-state index is 0. The van der Waals surface area contributed by atoms with E-state index >= 15 is 0 Å². The fraction of sp³-hybridized carbons (Fsp3) is 0.556. The molecule has 33 heavy (non-hydrogen) atoms. The van der Waals surface area contributed by atoms with Crippen molar-refractivity contribution in [1.82, 2.24) is 4.90 Å². The van der Waals surface area contributed by atoms with Crippen LogP contribution in [0.15, 0.2) is 48.5 Å². The van der Waals surface area contributed by atoms with Gasteiger partial charge >= 0.3 is 0 Å². The maximum atomic E-state index is 6.52. The lowest BCUT2D eigenvalue weighted by Crippen LogP contribution is -2.56. The zero-order chi connectivity index (χ0) is 21.8. The van der Waals surface area contributed by atoms with Crippen molar-refractivity contribution in [3.05, 3.63) is 54.1 Å². The largest absolute Gasteiger partial charge is 0.454 e. The molecule has 0 radical (unpaired) electrons. The van der Waals surface area contributed by atoms with Gasteiger partial charge in [-0.15, -0.1) is 12.4 Å². The van der Waals surface area contributed by atoms with Gasteiger partial charge < -0.3 is 19.1 Å².